The van der Waals surface area contributed by atoms with Crippen LogP contribution >= 0.6 is 11.6 Å². The van der Waals surface area contributed by atoms with Gasteiger partial charge in [0, 0.05) is 34.0 Å². The van der Waals surface area contributed by atoms with Gasteiger partial charge in [-0.1, -0.05) is 55.8 Å². The Hall–Kier alpha value is -1.52. The van der Waals surface area contributed by atoms with Crippen molar-refractivity contribution >= 4 is 34.0 Å². The van der Waals surface area contributed by atoms with Crippen LogP contribution in [0, 0.1) is 28.6 Å². The van der Waals surface area contributed by atoms with Gasteiger partial charge in [-0.15, -0.1) is 11.6 Å². The van der Waals surface area contributed by atoms with E-state index in [9.17, 15) is 13.8 Å². The lowest BCUT2D eigenvalue weighted by atomic mass is 9.48. The largest absolute Gasteiger partial charge is 0.299 e. The fourth-order valence-corrected chi connectivity index (χ4v) is 9.47. The van der Waals surface area contributed by atoms with Crippen LogP contribution in [0.5, 0.6) is 0 Å². The molecular formula is C26H29ClO3S. The van der Waals surface area contributed by atoms with Gasteiger partial charge < -0.3 is 0 Å². The van der Waals surface area contributed by atoms with Gasteiger partial charge in [0.1, 0.15) is 9.99 Å². The molecule has 5 rings (SSSR count). The average Bonchev–Trinajstić information content (AvgIpc) is 3.00. The van der Waals surface area contributed by atoms with E-state index in [1.165, 1.54) is 0 Å². The monoisotopic (exact) mass is 456 g/mol. The summed E-state index contributed by atoms with van der Waals surface area (Å²) in [6, 6.07) is 9.84. The van der Waals surface area contributed by atoms with Crippen molar-refractivity contribution in [1.82, 2.24) is 0 Å². The molecule has 1 aromatic rings. The first-order valence-electron chi connectivity index (χ1n) is 11.3. The lowest BCUT2D eigenvalue weighted by Crippen LogP contribution is -2.57. The maximum atomic E-state index is 13.7. The van der Waals surface area contributed by atoms with E-state index in [0.29, 0.717) is 18.6 Å². The Bertz CT molecular complexity index is 1030. The molecule has 0 spiro atoms. The summed E-state index contributed by atoms with van der Waals surface area (Å²) < 4.78 is 12.7. The maximum absolute atomic E-state index is 13.7. The molecule has 0 aromatic heterocycles. The summed E-state index contributed by atoms with van der Waals surface area (Å²) in [5.41, 5.74) is 1.26. The second-order valence-electron chi connectivity index (χ2n) is 10.3. The van der Waals surface area contributed by atoms with Crippen LogP contribution in [0.2, 0.25) is 0 Å². The highest BCUT2D eigenvalue weighted by molar-refractivity contribution is 7.87. The van der Waals surface area contributed by atoms with Crippen molar-refractivity contribution in [2.45, 2.75) is 55.9 Å². The van der Waals surface area contributed by atoms with Gasteiger partial charge in [0.15, 0.2) is 5.78 Å². The third-order valence-electron chi connectivity index (χ3n) is 8.78. The summed E-state index contributed by atoms with van der Waals surface area (Å²) in [5.74, 6) is 1.05. The number of alkyl halides is 1. The molecule has 3 nitrogen and oxygen atoms in total. The number of rotatable bonds is 3. The van der Waals surface area contributed by atoms with Crippen LogP contribution in [0.25, 0.3) is 0 Å². The first-order valence-corrected chi connectivity index (χ1v) is 13.0. The predicted molar refractivity (Wildman–Crippen MR) is 124 cm³/mol. The number of benzene rings is 1. The first-order chi connectivity index (χ1) is 14.7. The molecule has 0 radical (unpaired) electrons. The Morgan fingerprint density at radius 1 is 1.13 bits per heavy atom. The molecular weight excluding hydrogens is 428 g/mol. The van der Waals surface area contributed by atoms with Crippen molar-refractivity contribution in [2.75, 3.05) is 0 Å². The first kappa shape index (κ1) is 21.3. The number of fused-ring (bicyclic) bond motifs is 5. The van der Waals surface area contributed by atoms with E-state index in [0.717, 1.165) is 30.4 Å². The second-order valence-corrected chi connectivity index (χ2v) is 12.8. The smallest absolute Gasteiger partial charge is 0.178 e. The van der Waals surface area contributed by atoms with Crippen molar-refractivity contribution in [3.63, 3.8) is 0 Å². The predicted octanol–water partition coefficient (Wildman–Crippen LogP) is 5.36. The number of allylic oxidation sites excluding steroid dienone is 4. The Balaban J connectivity index is 1.48. The highest BCUT2D eigenvalue weighted by Gasteiger charge is 2.67. The fraction of sp³-hybridized carbons (Fsp3) is 0.538. The van der Waals surface area contributed by atoms with Gasteiger partial charge in [-0.3, -0.25) is 13.8 Å². The van der Waals surface area contributed by atoms with Crippen molar-refractivity contribution in [3.8, 4) is 0 Å². The van der Waals surface area contributed by atoms with Gasteiger partial charge >= 0.3 is 0 Å². The second kappa shape index (κ2) is 7.25. The molecule has 164 valence electrons. The standard InChI is InChI=1S/C26H29ClO3S/c1-24-12-10-19(28)14-18(24)8-9-20-21-11-13-26(27,25(21,2)15-22(29)23(20)24)31(30)16-17-6-4-3-5-7-17/h3-7,10,12,14,20-21,23H,8-9,11,13,15-16H2,1-2H3/t20?,21?,23?,24-,25-,26-,31?/m0/s1. The van der Waals surface area contributed by atoms with Gasteiger partial charge in [0.25, 0.3) is 0 Å². The summed E-state index contributed by atoms with van der Waals surface area (Å²) in [6.45, 7) is 4.23. The number of hydrogen-bond acceptors (Lipinski definition) is 3. The molecule has 1 aromatic carbocycles. The Morgan fingerprint density at radius 3 is 2.61 bits per heavy atom. The topological polar surface area (TPSA) is 51.2 Å². The quantitative estimate of drug-likeness (QED) is 0.575. The summed E-state index contributed by atoms with van der Waals surface area (Å²) in [7, 11) is -1.28. The lowest BCUT2D eigenvalue weighted by molar-refractivity contribution is -0.141. The van der Waals surface area contributed by atoms with Crippen molar-refractivity contribution in [2.24, 2.45) is 28.6 Å². The molecule has 0 heterocycles. The van der Waals surface area contributed by atoms with Gasteiger partial charge in [-0.2, -0.15) is 0 Å². The Kier molecular flexibility index (Phi) is 4.99. The maximum Gasteiger partial charge on any atom is 0.178 e. The summed E-state index contributed by atoms with van der Waals surface area (Å²) in [5, 5.41) is 0. The van der Waals surface area contributed by atoms with Crippen LogP contribution in [0.15, 0.2) is 54.1 Å². The van der Waals surface area contributed by atoms with Crippen molar-refractivity contribution < 1.29 is 13.8 Å². The minimum atomic E-state index is -1.28. The van der Waals surface area contributed by atoms with Crippen molar-refractivity contribution in [1.29, 1.82) is 0 Å². The molecule has 5 heteroatoms. The van der Waals surface area contributed by atoms with E-state index in [-0.39, 0.29) is 34.7 Å². The van der Waals surface area contributed by atoms with Crippen LogP contribution in [0.1, 0.15) is 51.5 Å². The van der Waals surface area contributed by atoms with E-state index >= 15 is 0 Å². The zero-order valence-electron chi connectivity index (χ0n) is 18.1. The number of Topliss-reactive ketones (excluding diaryl/α,β-unsaturated/α-hetero) is 1. The highest BCUT2D eigenvalue weighted by Crippen LogP contribution is 2.68. The number of ketones is 2. The van der Waals surface area contributed by atoms with Crippen LogP contribution in [0.4, 0.5) is 0 Å². The average molecular weight is 457 g/mol. The lowest BCUT2D eigenvalue weighted by Gasteiger charge is -2.56. The zero-order chi connectivity index (χ0) is 22.0. The molecule has 4 unspecified atom stereocenters. The van der Waals surface area contributed by atoms with E-state index < -0.39 is 20.4 Å². The van der Waals surface area contributed by atoms with Crippen LogP contribution in [-0.2, 0) is 26.1 Å². The number of carbonyl (C=O) groups excluding carboxylic acids is 2. The number of halogens is 1. The highest BCUT2D eigenvalue weighted by atomic mass is 35.5. The third kappa shape index (κ3) is 3.01. The van der Waals surface area contributed by atoms with Crippen LogP contribution in [0.3, 0.4) is 0 Å². The minimum absolute atomic E-state index is 0.0240. The SMILES string of the molecule is C[C@]12C=CC(=O)C=C1CCC1C2C(=O)C[C@@]2(C)C1CC[C@]2(Cl)S(=O)Cc1ccccc1. The number of carbonyl (C=O) groups is 2. The fourth-order valence-electron chi connectivity index (χ4n) is 7.18. The molecule has 4 aliphatic carbocycles. The van der Waals surface area contributed by atoms with E-state index in [4.69, 9.17) is 11.6 Å². The Labute approximate surface area is 191 Å². The summed E-state index contributed by atoms with van der Waals surface area (Å²) >= 11 is 7.25. The molecule has 0 aliphatic heterocycles. The molecule has 7 atom stereocenters. The molecule has 0 N–H and O–H groups in total. The van der Waals surface area contributed by atoms with Gasteiger partial charge in [0.05, 0.1) is 5.75 Å². The summed E-state index contributed by atoms with van der Waals surface area (Å²) in [6.07, 6.45) is 9.04. The normalized spacial score (nSPS) is 42.4. The Morgan fingerprint density at radius 2 is 1.87 bits per heavy atom. The molecule has 0 saturated heterocycles. The minimum Gasteiger partial charge on any atom is -0.299 e. The van der Waals surface area contributed by atoms with Crippen LogP contribution in [-0.4, -0.2) is 20.0 Å². The van der Waals surface area contributed by atoms with E-state index in [1.807, 2.05) is 36.4 Å². The molecule has 0 bridgehead atoms. The van der Waals surface area contributed by atoms with Gasteiger partial charge in [-0.25, -0.2) is 0 Å². The molecule has 0 amide bonds. The molecule has 31 heavy (non-hydrogen) atoms. The van der Waals surface area contributed by atoms with Crippen molar-refractivity contribution in [3.05, 3.63) is 59.7 Å². The van der Waals surface area contributed by atoms with E-state index in [2.05, 4.69) is 13.8 Å². The zero-order valence-corrected chi connectivity index (χ0v) is 19.7. The summed E-state index contributed by atoms with van der Waals surface area (Å²) in [4.78, 5) is 25.6. The third-order valence-corrected chi connectivity index (χ3v) is 11.9. The molecule has 3 fully saturated rings. The molecule has 4 aliphatic rings. The van der Waals surface area contributed by atoms with E-state index in [1.54, 1.807) is 12.2 Å². The van der Waals surface area contributed by atoms with Crippen LogP contribution < -0.4 is 0 Å². The van der Waals surface area contributed by atoms with Gasteiger partial charge in [0.2, 0.25) is 0 Å². The number of hydrogen-bond donors (Lipinski definition) is 0. The molecule has 3 saturated carbocycles. The van der Waals surface area contributed by atoms with Gasteiger partial charge in [-0.05, 0) is 55.2 Å².